The molecule has 8 heteroatoms. The zero-order valence-electron chi connectivity index (χ0n) is 16.7. The number of benzene rings is 1. The highest BCUT2D eigenvalue weighted by atomic mass is 16.4. The zero-order chi connectivity index (χ0) is 20.5. The summed E-state index contributed by atoms with van der Waals surface area (Å²) in [7, 11) is -1.65. The van der Waals surface area contributed by atoms with E-state index in [1.807, 2.05) is 30.0 Å². The molecule has 28 heavy (non-hydrogen) atoms. The van der Waals surface area contributed by atoms with E-state index in [0.717, 1.165) is 28.5 Å². The zero-order valence-corrected chi connectivity index (χ0v) is 16.7. The highest BCUT2D eigenvalue weighted by molar-refractivity contribution is 6.42. The van der Waals surface area contributed by atoms with Gasteiger partial charge in [-0.05, 0) is 39.2 Å². The number of aryl methyl sites for hydroxylation is 1. The molecule has 0 aliphatic carbocycles. The number of para-hydroxylation sites is 1. The summed E-state index contributed by atoms with van der Waals surface area (Å²) in [6.07, 6.45) is 3.29. The van der Waals surface area contributed by atoms with Gasteiger partial charge in [0.2, 0.25) is 0 Å². The summed E-state index contributed by atoms with van der Waals surface area (Å²) in [5.74, 6) is -0.810. The second-order valence-electron chi connectivity index (χ2n) is 8.30. The van der Waals surface area contributed by atoms with Crippen molar-refractivity contribution in [3.8, 4) is 0 Å². The molecule has 1 fully saturated rings. The SMILES string of the molecule is Cc1cccc2c(C[C@H](/[NH+]=C(\O)CCN3C(O)CCC3(C)C)B(O)O)coc12. The van der Waals surface area contributed by atoms with Gasteiger partial charge in [-0.3, -0.25) is 4.90 Å². The first-order valence-electron chi connectivity index (χ1n) is 9.77. The smallest absolute Gasteiger partial charge is 0.464 e. The Labute approximate surface area is 165 Å². The molecule has 3 rings (SSSR count). The predicted octanol–water partition coefficient (Wildman–Crippen LogP) is 0.284. The van der Waals surface area contributed by atoms with Crippen molar-refractivity contribution in [1.29, 1.82) is 0 Å². The van der Waals surface area contributed by atoms with Crippen molar-refractivity contribution < 1.29 is 29.7 Å². The predicted molar refractivity (Wildman–Crippen MR) is 108 cm³/mol. The molecule has 1 unspecified atom stereocenters. The monoisotopic (exact) mass is 389 g/mol. The molecule has 1 aromatic heterocycles. The van der Waals surface area contributed by atoms with Crippen LogP contribution in [0.4, 0.5) is 0 Å². The Morgan fingerprint density at radius 1 is 1.39 bits per heavy atom. The third-order valence-electron chi connectivity index (χ3n) is 5.77. The maximum atomic E-state index is 10.3. The van der Waals surface area contributed by atoms with Crippen molar-refractivity contribution in [1.82, 2.24) is 4.90 Å². The number of furan rings is 1. The van der Waals surface area contributed by atoms with Crippen LogP contribution in [0, 0.1) is 6.92 Å². The van der Waals surface area contributed by atoms with Gasteiger partial charge in [-0.1, -0.05) is 18.2 Å². The summed E-state index contributed by atoms with van der Waals surface area (Å²) < 4.78 is 5.62. The Balaban J connectivity index is 1.70. The molecule has 1 aromatic carbocycles. The summed E-state index contributed by atoms with van der Waals surface area (Å²) >= 11 is 0. The largest absolute Gasteiger partial charge is 0.527 e. The van der Waals surface area contributed by atoms with Crippen LogP contribution in [0.25, 0.3) is 11.0 Å². The van der Waals surface area contributed by atoms with E-state index in [0.29, 0.717) is 13.0 Å². The number of hydrogen-bond acceptors (Lipinski definition) is 5. The molecule has 0 spiro atoms. The first-order chi connectivity index (χ1) is 13.2. The number of hydrogen-bond donors (Lipinski definition) is 5. The minimum Gasteiger partial charge on any atom is -0.464 e. The Morgan fingerprint density at radius 2 is 2.14 bits per heavy atom. The van der Waals surface area contributed by atoms with Gasteiger partial charge in [-0.15, -0.1) is 0 Å². The van der Waals surface area contributed by atoms with E-state index in [1.54, 1.807) is 6.26 Å². The van der Waals surface area contributed by atoms with Crippen LogP contribution in [-0.4, -0.2) is 62.4 Å². The van der Waals surface area contributed by atoms with E-state index in [4.69, 9.17) is 4.42 Å². The van der Waals surface area contributed by atoms with Gasteiger partial charge in [0.05, 0.1) is 12.7 Å². The molecular weight excluding hydrogens is 359 g/mol. The van der Waals surface area contributed by atoms with Gasteiger partial charge in [0.25, 0.3) is 0 Å². The molecule has 1 aliphatic rings. The fourth-order valence-electron chi connectivity index (χ4n) is 4.03. The molecule has 2 atom stereocenters. The molecule has 1 saturated heterocycles. The highest BCUT2D eigenvalue weighted by Gasteiger charge is 2.38. The van der Waals surface area contributed by atoms with E-state index < -0.39 is 19.3 Å². The number of rotatable bonds is 7. The second-order valence-corrected chi connectivity index (χ2v) is 8.30. The first kappa shape index (κ1) is 20.9. The second kappa shape index (κ2) is 8.25. The average Bonchev–Trinajstić information content (AvgIpc) is 3.14. The van der Waals surface area contributed by atoms with Crippen LogP contribution in [0.2, 0.25) is 0 Å². The molecule has 0 amide bonds. The molecule has 0 bridgehead atoms. The van der Waals surface area contributed by atoms with Crippen LogP contribution in [0.3, 0.4) is 0 Å². The molecule has 2 aromatic rings. The summed E-state index contributed by atoms with van der Waals surface area (Å²) in [5, 5.41) is 40.9. The van der Waals surface area contributed by atoms with Gasteiger partial charge in [-0.25, -0.2) is 4.99 Å². The highest BCUT2D eigenvalue weighted by Crippen LogP contribution is 2.32. The third kappa shape index (κ3) is 4.41. The number of likely N-dealkylation sites (tertiary alicyclic amines) is 1. The van der Waals surface area contributed by atoms with Gasteiger partial charge < -0.3 is 24.7 Å². The first-order valence-corrected chi connectivity index (χ1v) is 9.77. The van der Waals surface area contributed by atoms with E-state index in [-0.39, 0.29) is 24.3 Å². The topological polar surface area (TPSA) is 111 Å². The van der Waals surface area contributed by atoms with Crippen molar-refractivity contribution >= 4 is 24.0 Å². The number of aliphatic hydroxyl groups excluding tert-OH is 2. The summed E-state index contributed by atoms with van der Waals surface area (Å²) in [5.41, 5.74) is 2.51. The van der Waals surface area contributed by atoms with E-state index >= 15 is 0 Å². The average molecular weight is 389 g/mol. The molecule has 2 heterocycles. The minimum absolute atomic E-state index is 0.0306. The number of aliphatic hydroxyl groups is 2. The number of nitrogens with zero attached hydrogens (tertiary/aromatic N) is 1. The third-order valence-corrected chi connectivity index (χ3v) is 5.77. The fraction of sp³-hybridized carbons (Fsp3) is 0.550. The van der Waals surface area contributed by atoms with Crippen LogP contribution < -0.4 is 4.99 Å². The van der Waals surface area contributed by atoms with Crippen molar-refractivity contribution in [2.24, 2.45) is 0 Å². The Bertz CT molecular complexity index is 848. The van der Waals surface area contributed by atoms with E-state index in [9.17, 15) is 20.3 Å². The van der Waals surface area contributed by atoms with Crippen LogP contribution in [-0.2, 0) is 6.42 Å². The maximum absolute atomic E-state index is 10.3. The molecule has 152 valence electrons. The lowest BCUT2D eigenvalue weighted by atomic mass is 9.76. The Hall–Kier alpha value is -1.87. The molecule has 0 saturated carbocycles. The summed E-state index contributed by atoms with van der Waals surface area (Å²) in [6.45, 7) is 6.58. The van der Waals surface area contributed by atoms with Gasteiger partial charge in [0, 0.05) is 29.5 Å². The summed E-state index contributed by atoms with van der Waals surface area (Å²) in [6, 6.07) is 5.82. The van der Waals surface area contributed by atoms with Gasteiger partial charge in [0.1, 0.15) is 11.8 Å². The molecule has 5 N–H and O–H groups in total. The van der Waals surface area contributed by atoms with Crippen molar-refractivity contribution in [3.05, 3.63) is 35.6 Å². The molecule has 0 radical (unpaired) electrons. The minimum atomic E-state index is -1.65. The van der Waals surface area contributed by atoms with Crippen molar-refractivity contribution in [2.75, 3.05) is 6.54 Å². The van der Waals surface area contributed by atoms with Gasteiger partial charge >= 0.3 is 13.0 Å². The van der Waals surface area contributed by atoms with Crippen LogP contribution in [0.5, 0.6) is 0 Å². The number of nitrogens with one attached hydrogen (secondary N) is 1. The number of fused-ring (bicyclic) bond motifs is 1. The fourth-order valence-corrected chi connectivity index (χ4v) is 4.03. The summed E-state index contributed by atoms with van der Waals surface area (Å²) in [4.78, 5) is 4.78. The molecule has 7 nitrogen and oxygen atoms in total. The van der Waals surface area contributed by atoms with Crippen LogP contribution in [0.15, 0.2) is 28.9 Å². The van der Waals surface area contributed by atoms with Crippen molar-refractivity contribution in [2.45, 2.75) is 64.2 Å². The molecular formula is C20H30BN2O5+. The van der Waals surface area contributed by atoms with E-state index in [2.05, 4.69) is 18.8 Å². The van der Waals surface area contributed by atoms with Gasteiger partial charge in [-0.2, -0.15) is 0 Å². The lowest BCUT2D eigenvalue weighted by Gasteiger charge is -2.33. The van der Waals surface area contributed by atoms with E-state index in [1.165, 1.54) is 0 Å². The molecule has 1 aliphatic heterocycles. The lowest BCUT2D eigenvalue weighted by Crippen LogP contribution is -2.84. The van der Waals surface area contributed by atoms with Crippen LogP contribution >= 0.6 is 0 Å². The normalized spacial score (nSPS) is 21.4. The quantitative estimate of drug-likeness (QED) is 0.264. The Morgan fingerprint density at radius 3 is 2.79 bits per heavy atom. The standard InChI is InChI=1S/C20H29BN2O5/c1-13-5-4-6-15-14(12-28-19(13)15)11-16(21(26)27)22-17(24)8-10-23-18(25)7-9-20(23,2)3/h4-6,12,16,18,25-27H,7-11H2,1-3H3,(H,22,24)/p+1/t16-,18?/m0/s1. The Kier molecular flexibility index (Phi) is 6.14. The van der Waals surface area contributed by atoms with Gasteiger partial charge in [0.15, 0.2) is 5.94 Å². The maximum Gasteiger partial charge on any atom is 0.527 e. The van der Waals surface area contributed by atoms with Crippen molar-refractivity contribution in [3.63, 3.8) is 0 Å². The van der Waals surface area contributed by atoms with Crippen LogP contribution in [0.1, 0.15) is 44.2 Å². The lowest BCUT2D eigenvalue weighted by molar-refractivity contribution is -0.493.